The quantitative estimate of drug-likeness (QED) is 0.0501. The Morgan fingerprint density at radius 3 is 1.33 bits per heavy atom. The molecule has 0 fully saturated rings. The summed E-state index contributed by atoms with van der Waals surface area (Å²) in [6, 6.07) is 37.5. The molecule has 0 spiro atoms. The summed E-state index contributed by atoms with van der Waals surface area (Å²) in [6.07, 6.45) is 0. The lowest BCUT2D eigenvalue weighted by atomic mass is 9.83. The third kappa shape index (κ3) is 4.41. The van der Waals surface area contributed by atoms with Crippen LogP contribution >= 0.6 is 0 Å². The minimum Gasteiger partial charge on any atom is -0.504 e. The largest absolute Gasteiger partial charge is 0.504 e. The number of benzene rings is 9. The maximum absolute atomic E-state index is 11.6. The van der Waals surface area contributed by atoms with Crippen LogP contribution in [0.5, 0.6) is 46.0 Å². The van der Waals surface area contributed by atoms with Crippen molar-refractivity contribution in [2.45, 2.75) is 0 Å². The van der Waals surface area contributed by atoms with Crippen LogP contribution in [0.2, 0.25) is 0 Å². The van der Waals surface area contributed by atoms with E-state index in [1.54, 1.807) is 30.3 Å². The summed E-state index contributed by atoms with van der Waals surface area (Å²) < 4.78 is 6.28. The minimum atomic E-state index is -1.02. The van der Waals surface area contributed by atoms with Crippen molar-refractivity contribution < 1.29 is 45.3 Å². The fraction of sp³-hybridized carbons (Fsp3) is 0. The first-order valence-corrected chi connectivity index (χ1v) is 17.3. The standard InChI is InChI=1S/C46H28O9/c47-39-35-32(23-15-13-22(14-16-23)28-10-5-11-30-34(28)29-19-25-8-3-4-9-26(25)20-31(29)55-30)36-38(42(50)46(54)44(52)40(36)48)33(37(35)41(49)45(53)43(39)51)27-17-12-21-6-1-2-7-24(21)18-27/h1-20,47-54H. The predicted octanol–water partition coefficient (Wildman–Crippen LogP) is 10.8. The molecule has 9 heteroatoms. The summed E-state index contributed by atoms with van der Waals surface area (Å²) in [5.74, 6) is -7.41. The van der Waals surface area contributed by atoms with Crippen LogP contribution in [-0.4, -0.2) is 40.9 Å². The van der Waals surface area contributed by atoms with Gasteiger partial charge in [0.25, 0.3) is 0 Å². The van der Waals surface area contributed by atoms with Crippen LogP contribution in [0.3, 0.4) is 0 Å². The lowest BCUT2D eigenvalue weighted by molar-refractivity contribution is 0.350. The molecule has 0 saturated carbocycles. The smallest absolute Gasteiger partial charge is 0.204 e. The molecule has 0 bridgehead atoms. The monoisotopic (exact) mass is 724 g/mol. The van der Waals surface area contributed by atoms with Crippen molar-refractivity contribution in [1.82, 2.24) is 0 Å². The van der Waals surface area contributed by atoms with Crippen molar-refractivity contribution in [3.8, 4) is 79.4 Å². The van der Waals surface area contributed by atoms with Crippen molar-refractivity contribution in [1.29, 1.82) is 0 Å². The molecule has 0 amide bonds. The molecule has 0 radical (unpaired) electrons. The Bertz CT molecular complexity index is 3210. The highest BCUT2D eigenvalue weighted by Gasteiger charge is 2.32. The fourth-order valence-corrected chi connectivity index (χ4v) is 8.11. The molecule has 10 aromatic rings. The topological polar surface area (TPSA) is 175 Å². The average molecular weight is 725 g/mol. The number of hydrogen-bond acceptors (Lipinski definition) is 9. The van der Waals surface area contributed by atoms with E-state index in [1.165, 1.54) is 0 Å². The summed E-state index contributed by atoms with van der Waals surface area (Å²) in [6.45, 7) is 0. The Hall–Kier alpha value is -7.78. The molecule has 1 aromatic heterocycles. The van der Waals surface area contributed by atoms with Gasteiger partial charge in [-0.3, -0.25) is 0 Å². The Balaban J connectivity index is 1.29. The van der Waals surface area contributed by atoms with E-state index in [0.717, 1.165) is 49.0 Å². The Kier molecular flexibility index (Phi) is 6.59. The second-order valence-corrected chi connectivity index (χ2v) is 13.7. The lowest BCUT2D eigenvalue weighted by Gasteiger charge is -2.22. The molecular formula is C46H28O9. The summed E-state index contributed by atoms with van der Waals surface area (Å²) in [5.41, 5.74) is 3.72. The van der Waals surface area contributed by atoms with Gasteiger partial charge in [0, 0.05) is 43.4 Å². The molecule has 1 heterocycles. The number of hydrogen-bond donors (Lipinski definition) is 8. The zero-order valence-electron chi connectivity index (χ0n) is 28.5. The molecule has 0 aliphatic heterocycles. The number of aromatic hydroxyl groups is 8. The predicted molar refractivity (Wildman–Crippen MR) is 213 cm³/mol. The van der Waals surface area contributed by atoms with Crippen LogP contribution in [0.4, 0.5) is 0 Å². The van der Waals surface area contributed by atoms with Crippen molar-refractivity contribution in [3.63, 3.8) is 0 Å². The molecule has 0 aliphatic rings. The maximum atomic E-state index is 11.6. The summed E-state index contributed by atoms with van der Waals surface area (Å²) in [4.78, 5) is 0. The fourth-order valence-electron chi connectivity index (χ4n) is 8.11. The molecule has 55 heavy (non-hydrogen) atoms. The van der Waals surface area contributed by atoms with Gasteiger partial charge in [-0.15, -0.1) is 0 Å². The molecule has 0 unspecified atom stereocenters. The maximum Gasteiger partial charge on any atom is 0.204 e. The highest BCUT2D eigenvalue weighted by atomic mass is 16.4. The molecule has 8 N–H and O–H groups in total. The van der Waals surface area contributed by atoms with E-state index < -0.39 is 46.0 Å². The van der Waals surface area contributed by atoms with Crippen LogP contribution in [0, 0.1) is 0 Å². The zero-order chi connectivity index (χ0) is 37.9. The van der Waals surface area contributed by atoms with E-state index in [0.29, 0.717) is 16.7 Å². The van der Waals surface area contributed by atoms with E-state index in [9.17, 15) is 40.9 Å². The van der Waals surface area contributed by atoms with Gasteiger partial charge in [0.1, 0.15) is 11.2 Å². The van der Waals surface area contributed by atoms with Crippen LogP contribution in [0.25, 0.3) is 98.4 Å². The Morgan fingerprint density at radius 1 is 0.309 bits per heavy atom. The molecule has 0 atom stereocenters. The first kappa shape index (κ1) is 31.9. The average Bonchev–Trinajstić information content (AvgIpc) is 3.58. The molecule has 0 saturated heterocycles. The van der Waals surface area contributed by atoms with Crippen molar-refractivity contribution in [2.75, 3.05) is 0 Å². The van der Waals surface area contributed by atoms with E-state index in [2.05, 4.69) is 6.07 Å². The van der Waals surface area contributed by atoms with Gasteiger partial charge in [0.2, 0.25) is 23.0 Å². The third-order valence-electron chi connectivity index (χ3n) is 10.7. The van der Waals surface area contributed by atoms with Gasteiger partial charge in [-0.25, -0.2) is 0 Å². The Labute approximate surface area is 310 Å². The zero-order valence-corrected chi connectivity index (χ0v) is 28.5. The van der Waals surface area contributed by atoms with Crippen LogP contribution in [-0.2, 0) is 0 Å². The number of fused-ring (bicyclic) bond motifs is 7. The number of furan rings is 1. The molecule has 10 rings (SSSR count). The molecular weight excluding hydrogens is 696 g/mol. The summed E-state index contributed by atoms with van der Waals surface area (Å²) in [7, 11) is 0. The number of phenols is 8. The summed E-state index contributed by atoms with van der Waals surface area (Å²) >= 11 is 0. The first-order valence-electron chi connectivity index (χ1n) is 17.3. The van der Waals surface area contributed by atoms with E-state index in [-0.39, 0.29) is 32.7 Å². The first-order chi connectivity index (χ1) is 26.6. The van der Waals surface area contributed by atoms with Gasteiger partial charge in [-0.1, -0.05) is 97.1 Å². The van der Waals surface area contributed by atoms with Crippen molar-refractivity contribution in [2.24, 2.45) is 0 Å². The van der Waals surface area contributed by atoms with E-state index in [4.69, 9.17) is 4.42 Å². The van der Waals surface area contributed by atoms with Gasteiger partial charge in [0.05, 0.1) is 0 Å². The second-order valence-electron chi connectivity index (χ2n) is 13.7. The number of phenolic OH excluding ortho intramolecular Hbond substituents is 8. The molecule has 9 aromatic carbocycles. The third-order valence-corrected chi connectivity index (χ3v) is 10.7. The summed E-state index contributed by atoms with van der Waals surface area (Å²) in [5, 5.41) is 94.7. The van der Waals surface area contributed by atoms with E-state index in [1.807, 2.05) is 84.9 Å². The van der Waals surface area contributed by atoms with E-state index >= 15 is 0 Å². The van der Waals surface area contributed by atoms with Crippen LogP contribution in [0.15, 0.2) is 126 Å². The van der Waals surface area contributed by atoms with Gasteiger partial charge < -0.3 is 45.3 Å². The number of rotatable bonds is 3. The minimum absolute atomic E-state index is 0.00615. The second kappa shape index (κ2) is 11.4. The molecule has 266 valence electrons. The van der Waals surface area contributed by atoms with Crippen LogP contribution < -0.4 is 0 Å². The van der Waals surface area contributed by atoms with Crippen molar-refractivity contribution in [3.05, 3.63) is 121 Å². The lowest BCUT2D eigenvalue weighted by Crippen LogP contribution is -1.95. The van der Waals surface area contributed by atoms with Gasteiger partial charge in [0.15, 0.2) is 23.0 Å². The van der Waals surface area contributed by atoms with Gasteiger partial charge >= 0.3 is 0 Å². The highest BCUT2D eigenvalue weighted by Crippen LogP contribution is 2.62. The van der Waals surface area contributed by atoms with Gasteiger partial charge in [-0.2, -0.15) is 0 Å². The van der Waals surface area contributed by atoms with Gasteiger partial charge in [-0.05, 0) is 68.1 Å². The van der Waals surface area contributed by atoms with Crippen LogP contribution in [0.1, 0.15) is 0 Å². The molecule has 9 nitrogen and oxygen atoms in total. The normalized spacial score (nSPS) is 11.9. The molecule has 0 aliphatic carbocycles. The Morgan fingerprint density at radius 2 is 0.764 bits per heavy atom. The SMILES string of the molecule is Oc1c(O)c(O)c2c(-c3ccc4ccccc4c3)c3c(O)c(O)c(O)c(O)c3c(-c3ccc(-c4cccc5oc6cc7ccccc7cc6c45)cc3)c2c1O. The van der Waals surface area contributed by atoms with Crippen molar-refractivity contribution >= 4 is 65.0 Å². The highest BCUT2D eigenvalue weighted by molar-refractivity contribution is 6.29.